The quantitative estimate of drug-likeness (QED) is 0.0748. The Morgan fingerprint density at radius 3 is 2.19 bits per heavy atom. The van der Waals surface area contributed by atoms with Crippen LogP contribution < -0.4 is 29.1 Å². The number of benzene rings is 4. The first kappa shape index (κ1) is 42.2. The van der Waals surface area contributed by atoms with Crippen molar-refractivity contribution in [2.75, 3.05) is 69.5 Å². The molecule has 0 atom stereocenters. The molecule has 1 amide bonds. The Morgan fingerprint density at radius 2 is 1.55 bits per heavy atom. The number of alkyl halides is 3. The van der Waals surface area contributed by atoms with E-state index in [-0.39, 0.29) is 17.8 Å². The van der Waals surface area contributed by atoms with Gasteiger partial charge in [-0.25, -0.2) is 13.1 Å². The van der Waals surface area contributed by atoms with Crippen molar-refractivity contribution >= 4 is 39.1 Å². The van der Waals surface area contributed by atoms with Gasteiger partial charge < -0.3 is 24.4 Å². The molecular weight excluding hydrogens is 792 g/mol. The van der Waals surface area contributed by atoms with Crippen molar-refractivity contribution in [1.82, 2.24) is 14.6 Å². The second-order valence-electron chi connectivity index (χ2n) is 13.2. The van der Waals surface area contributed by atoms with E-state index in [1.165, 1.54) is 23.9 Å². The minimum atomic E-state index is -4.84. The number of piperazine rings is 1. The van der Waals surface area contributed by atoms with Crippen molar-refractivity contribution in [2.45, 2.75) is 29.4 Å². The molecule has 11 nitrogen and oxygen atoms in total. The second kappa shape index (κ2) is 18.9. The van der Waals surface area contributed by atoms with E-state index in [2.05, 4.69) is 20.1 Å². The van der Waals surface area contributed by atoms with Gasteiger partial charge in [0.25, 0.3) is 15.9 Å². The molecule has 306 valence electrons. The third-order valence-electron chi connectivity index (χ3n) is 9.48. The number of anilines is 2. The van der Waals surface area contributed by atoms with Gasteiger partial charge in [-0.2, -0.15) is 13.2 Å². The Labute approximate surface area is 340 Å². The normalized spacial score (nSPS) is 13.5. The monoisotopic (exact) mass is 835 g/mol. The van der Waals surface area contributed by atoms with Crippen molar-refractivity contribution in [1.29, 1.82) is 0 Å². The van der Waals surface area contributed by atoms with Crippen molar-refractivity contribution in [3.63, 3.8) is 0 Å². The molecule has 2 N–H and O–H groups in total. The molecule has 0 unspecified atom stereocenters. The number of thioether (sulfide) groups is 1. The summed E-state index contributed by atoms with van der Waals surface area (Å²) in [6.45, 7) is 6.04. The van der Waals surface area contributed by atoms with Gasteiger partial charge in [-0.15, -0.1) is 11.8 Å². The van der Waals surface area contributed by atoms with E-state index in [1.807, 2.05) is 60.2 Å². The molecule has 1 saturated heterocycles. The Kier molecular flexibility index (Phi) is 13.7. The van der Waals surface area contributed by atoms with E-state index >= 15 is 0 Å². The van der Waals surface area contributed by atoms with E-state index < -0.39 is 32.6 Å². The molecule has 1 aliphatic rings. The maximum atomic E-state index is 14.0. The zero-order chi connectivity index (χ0) is 41.3. The number of hydrogen-bond donors (Lipinski definition) is 2. The number of pyridine rings is 1. The Balaban J connectivity index is 1.05. The summed E-state index contributed by atoms with van der Waals surface area (Å²) in [5, 5.41) is 2.76. The first-order valence-electron chi connectivity index (χ1n) is 18.5. The van der Waals surface area contributed by atoms with E-state index in [1.54, 1.807) is 38.7 Å². The molecule has 1 fully saturated rings. The number of sulfonamides is 1. The van der Waals surface area contributed by atoms with Crippen LogP contribution in [0.4, 0.5) is 24.5 Å². The Morgan fingerprint density at radius 1 is 0.862 bits per heavy atom. The van der Waals surface area contributed by atoms with Crippen molar-refractivity contribution in [2.24, 2.45) is 0 Å². The minimum absolute atomic E-state index is 0.0410. The second-order valence-corrected chi connectivity index (χ2v) is 16.1. The fourth-order valence-corrected chi connectivity index (χ4v) is 8.32. The van der Waals surface area contributed by atoms with Crippen LogP contribution in [0.2, 0.25) is 0 Å². The number of carbonyl (C=O) groups is 1. The average molecular weight is 836 g/mol. The lowest BCUT2D eigenvalue weighted by molar-refractivity contribution is -0.137. The first-order chi connectivity index (χ1) is 27.9. The summed E-state index contributed by atoms with van der Waals surface area (Å²) in [6.07, 6.45) is -1.41. The SMILES string of the molecule is CCOc1cncc(-c2cc(OC)c(CN3CCN(c4ccc(C(=O)NS(=O)(=O)c5ccc(NCCSc6ccccc6)c(C(F)(F)F)c5)cc4)CC3)c(OC)c2)c1. The molecule has 2 heterocycles. The molecule has 0 spiro atoms. The number of rotatable bonds is 16. The van der Waals surface area contributed by atoms with Gasteiger partial charge in [0, 0.05) is 78.6 Å². The van der Waals surface area contributed by atoms with Crippen LogP contribution in [0.25, 0.3) is 11.1 Å². The topological polar surface area (TPSA) is 122 Å². The number of nitrogens with zero attached hydrogens (tertiary/aromatic N) is 3. The number of halogens is 3. The van der Waals surface area contributed by atoms with Crippen LogP contribution in [0.5, 0.6) is 17.2 Å². The number of methoxy groups -OCH3 is 2. The summed E-state index contributed by atoms with van der Waals surface area (Å²) in [6, 6.07) is 24.3. The number of aromatic nitrogens is 1. The van der Waals surface area contributed by atoms with Gasteiger partial charge in [0.2, 0.25) is 0 Å². The number of carbonyl (C=O) groups excluding carboxylic acids is 1. The lowest BCUT2D eigenvalue weighted by Gasteiger charge is -2.36. The predicted molar refractivity (Wildman–Crippen MR) is 220 cm³/mol. The molecule has 0 radical (unpaired) electrons. The van der Waals surface area contributed by atoms with Crippen LogP contribution in [-0.2, 0) is 22.7 Å². The highest BCUT2D eigenvalue weighted by atomic mass is 32.2. The lowest BCUT2D eigenvalue weighted by Crippen LogP contribution is -2.46. The van der Waals surface area contributed by atoms with Crippen LogP contribution in [0.3, 0.4) is 0 Å². The van der Waals surface area contributed by atoms with Gasteiger partial charge in [-0.3, -0.25) is 14.7 Å². The molecule has 1 aliphatic heterocycles. The Hall–Kier alpha value is -5.45. The summed E-state index contributed by atoms with van der Waals surface area (Å²) in [7, 11) is -1.38. The van der Waals surface area contributed by atoms with Gasteiger partial charge in [-0.05, 0) is 85.3 Å². The van der Waals surface area contributed by atoms with Crippen LogP contribution in [0.15, 0.2) is 113 Å². The smallest absolute Gasteiger partial charge is 0.418 e. The summed E-state index contributed by atoms with van der Waals surface area (Å²) in [5.74, 6) is 1.57. The third kappa shape index (κ3) is 10.5. The molecule has 58 heavy (non-hydrogen) atoms. The van der Waals surface area contributed by atoms with E-state index in [0.29, 0.717) is 55.3 Å². The van der Waals surface area contributed by atoms with Crippen molar-refractivity contribution in [3.05, 3.63) is 120 Å². The molecule has 0 aliphatic carbocycles. The summed E-state index contributed by atoms with van der Waals surface area (Å²) in [5.41, 5.74) is 2.14. The number of nitrogens with one attached hydrogen (secondary N) is 2. The van der Waals surface area contributed by atoms with E-state index in [9.17, 15) is 26.4 Å². The Bertz CT molecular complexity index is 2260. The standard InChI is InChI=1S/C42H44F3N5O6S2/c1-4-56-33-22-31(26-46-27-33)30-23-39(54-2)36(40(24-30)55-3)28-49-17-19-50(20-18-49)32-12-10-29(11-13-32)41(51)48-58(52,53)35-14-15-38(37(25-35)42(43,44)45)47-16-21-57-34-8-6-5-7-9-34/h5-15,22-27,47H,4,16-21,28H2,1-3H3,(H,48,51). The highest BCUT2D eigenvalue weighted by Crippen LogP contribution is 2.38. The molecule has 0 bridgehead atoms. The van der Waals surface area contributed by atoms with Crippen molar-refractivity contribution < 1.29 is 40.6 Å². The lowest BCUT2D eigenvalue weighted by atomic mass is 10.0. The summed E-state index contributed by atoms with van der Waals surface area (Å²) < 4.78 is 87.5. The molecular formula is C42H44F3N5O6S2. The zero-order valence-electron chi connectivity index (χ0n) is 32.2. The molecule has 5 aromatic rings. The largest absolute Gasteiger partial charge is 0.496 e. The van der Waals surface area contributed by atoms with Crippen LogP contribution in [0.1, 0.15) is 28.4 Å². The van der Waals surface area contributed by atoms with E-state index in [4.69, 9.17) is 14.2 Å². The van der Waals surface area contributed by atoms with Gasteiger partial charge in [-0.1, -0.05) is 18.2 Å². The number of hydrogen-bond acceptors (Lipinski definition) is 11. The maximum absolute atomic E-state index is 14.0. The van der Waals surface area contributed by atoms with Crippen LogP contribution in [0, 0.1) is 0 Å². The van der Waals surface area contributed by atoms with Gasteiger partial charge >= 0.3 is 6.18 Å². The fourth-order valence-electron chi connectivity index (χ4n) is 6.53. The van der Waals surface area contributed by atoms with Gasteiger partial charge in [0.05, 0.1) is 43.0 Å². The predicted octanol–water partition coefficient (Wildman–Crippen LogP) is 7.83. The van der Waals surface area contributed by atoms with Gasteiger partial charge in [0.1, 0.15) is 17.2 Å². The first-order valence-corrected chi connectivity index (χ1v) is 21.0. The molecule has 6 rings (SSSR count). The summed E-state index contributed by atoms with van der Waals surface area (Å²) in [4.78, 5) is 22.1. The average Bonchev–Trinajstić information content (AvgIpc) is 3.23. The number of amides is 1. The molecule has 4 aromatic carbocycles. The zero-order valence-corrected chi connectivity index (χ0v) is 33.8. The minimum Gasteiger partial charge on any atom is -0.496 e. The third-order valence-corrected chi connectivity index (χ3v) is 11.8. The fraction of sp³-hybridized carbons (Fsp3) is 0.286. The highest BCUT2D eigenvalue weighted by molar-refractivity contribution is 7.99. The van der Waals surface area contributed by atoms with Crippen LogP contribution in [-0.4, -0.2) is 83.5 Å². The molecule has 16 heteroatoms. The summed E-state index contributed by atoms with van der Waals surface area (Å²) >= 11 is 1.47. The molecule has 1 aromatic heterocycles. The van der Waals surface area contributed by atoms with Crippen molar-refractivity contribution in [3.8, 4) is 28.4 Å². The van der Waals surface area contributed by atoms with Gasteiger partial charge in [0.15, 0.2) is 0 Å². The highest BCUT2D eigenvalue weighted by Gasteiger charge is 2.35. The van der Waals surface area contributed by atoms with E-state index in [0.717, 1.165) is 52.5 Å². The molecule has 0 saturated carbocycles. The van der Waals surface area contributed by atoms with Crippen LogP contribution >= 0.6 is 11.8 Å². The maximum Gasteiger partial charge on any atom is 0.418 e. The number of ether oxygens (including phenoxy) is 3.